The normalized spacial score (nSPS) is 26.6. The Kier molecular flexibility index (Phi) is 5.67. The molecule has 2 aliphatic carbocycles. The van der Waals surface area contributed by atoms with E-state index in [9.17, 15) is 27.6 Å². The smallest absolute Gasteiger partial charge is 0.323 e. The molecule has 34 heavy (non-hydrogen) atoms. The minimum absolute atomic E-state index is 0.0511. The second kappa shape index (κ2) is 8.41. The van der Waals surface area contributed by atoms with Crippen molar-refractivity contribution in [3.8, 4) is 0 Å². The summed E-state index contributed by atoms with van der Waals surface area (Å²) in [5, 5.41) is 2.37. The number of rotatable bonds is 5. The van der Waals surface area contributed by atoms with Gasteiger partial charge in [-0.05, 0) is 54.9 Å². The van der Waals surface area contributed by atoms with E-state index in [4.69, 9.17) is 11.6 Å². The Hall–Kier alpha value is -2.87. The van der Waals surface area contributed by atoms with Gasteiger partial charge in [-0.15, -0.1) is 0 Å². The van der Waals surface area contributed by atoms with Crippen molar-refractivity contribution in [1.29, 1.82) is 0 Å². The number of benzene rings is 2. The molecule has 1 N–H and O–H groups in total. The summed E-state index contributed by atoms with van der Waals surface area (Å²) in [4.78, 5) is 41.2. The van der Waals surface area contributed by atoms with E-state index in [1.807, 2.05) is 0 Å². The van der Waals surface area contributed by atoms with Crippen LogP contribution in [-0.2, 0) is 27.0 Å². The maximum Gasteiger partial charge on any atom is 0.416 e. The lowest BCUT2D eigenvalue weighted by atomic mass is 9.81. The first-order valence-electron chi connectivity index (χ1n) is 11.2. The number of amides is 3. The van der Waals surface area contributed by atoms with Crippen LogP contribution in [0.5, 0.6) is 0 Å². The SMILES string of the molecule is O=C(Nc1cc(C(F)(F)F)ccc1Cl)[C@@H](Cc1ccccc1)N1C(=O)[C@@H]2[C@H]3CC[C@@H](C3)[C@@H]2C1=O. The number of nitrogens with one attached hydrogen (secondary N) is 1. The number of alkyl halides is 3. The molecule has 0 radical (unpaired) electrons. The van der Waals surface area contributed by atoms with Gasteiger partial charge in [0.15, 0.2) is 0 Å². The number of imide groups is 1. The molecule has 1 aliphatic heterocycles. The number of nitrogens with zero attached hydrogens (tertiary/aromatic N) is 1. The van der Waals surface area contributed by atoms with Gasteiger partial charge in [-0.2, -0.15) is 13.2 Å². The van der Waals surface area contributed by atoms with E-state index in [1.165, 1.54) is 0 Å². The van der Waals surface area contributed by atoms with Crippen molar-refractivity contribution in [1.82, 2.24) is 4.90 Å². The van der Waals surface area contributed by atoms with Crippen LogP contribution in [0.3, 0.4) is 0 Å². The molecular formula is C25H22ClF3N2O3. The number of halogens is 4. The van der Waals surface area contributed by atoms with Crippen LogP contribution in [-0.4, -0.2) is 28.7 Å². The van der Waals surface area contributed by atoms with Gasteiger partial charge in [0.2, 0.25) is 17.7 Å². The molecule has 2 aromatic rings. The minimum Gasteiger partial charge on any atom is -0.323 e. The lowest BCUT2D eigenvalue weighted by molar-refractivity contribution is -0.147. The monoisotopic (exact) mass is 490 g/mol. The molecule has 9 heteroatoms. The predicted octanol–water partition coefficient (Wildman–Crippen LogP) is 4.94. The second-order valence-electron chi connectivity index (χ2n) is 9.32. The Morgan fingerprint density at radius 2 is 1.65 bits per heavy atom. The molecule has 0 aromatic heterocycles. The van der Waals surface area contributed by atoms with E-state index < -0.39 is 35.5 Å². The van der Waals surface area contributed by atoms with Gasteiger partial charge in [-0.3, -0.25) is 19.3 Å². The number of carbonyl (C=O) groups excluding carboxylic acids is 3. The molecule has 3 fully saturated rings. The van der Waals surface area contributed by atoms with E-state index >= 15 is 0 Å². The van der Waals surface area contributed by atoms with Crippen molar-refractivity contribution in [3.63, 3.8) is 0 Å². The molecule has 1 saturated heterocycles. The maximum atomic E-state index is 13.4. The summed E-state index contributed by atoms with van der Waals surface area (Å²) in [6.07, 6.45) is -1.92. The predicted molar refractivity (Wildman–Crippen MR) is 119 cm³/mol. The molecule has 3 aliphatic rings. The van der Waals surface area contributed by atoms with E-state index in [0.717, 1.165) is 47.9 Å². The zero-order chi connectivity index (χ0) is 24.2. The summed E-state index contributed by atoms with van der Waals surface area (Å²) in [7, 11) is 0. The standard InChI is InChI=1S/C25H22ClF3N2O3/c26-17-9-8-16(25(27,28)29)12-18(17)30-22(32)19(10-13-4-2-1-3-5-13)31-23(33)20-14-6-7-15(11-14)21(20)24(31)34/h1-5,8-9,12,14-15,19-21H,6-7,10-11H2,(H,30,32)/t14-,15-,19+,20-,21+/m0/s1. The highest BCUT2D eigenvalue weighted by atomic mass is 35.5. The van der Waals surface area contributed by atoms with E-state index in [0.29, 0.717) is 0 Å². The molecule has 0 unspecified atom stereocenters. The van der Waals surface area contributed by atoms with Gasteiger partial charge in [-0.25, -0.2) is 0 Å². The van der Waals surface area contributed by atoms with Gasteiger partial charge in [0, 0.05) is 6.42 Å². The molecule has 5 nitrogen and oxygen atoms in total. The highest BCUT2D eigenvalue weighted by molar-refractivity contribution is 6.33. The fourth-order valence-electron chi connectivity index (χ4n) is 5.89. The number of hydrogen-bond acceptors (Lipinski definition) is 3. The molecule has 5 rings (SSSR count). The summed E-state index contributed by atoms with van der Waals surface area (Å²) in [6.45, 7) is 0. The van der Waals surface area contributed by atoms with Crippen LogP contribution in [0.25, 0.3) is 0 Å². The second-order valence-corrected chi connectivity index (χ2v) is 9.73. The van der Waals surface area contributed by atoms with Crippen molar-refractivity contribution in [2.24, 2.45) is 23.7 Å². The molecule has 1 heterocycles. The van der Waals surface area contributed by atoms with Gasteiger partial charge in [0.1, 0.15) is 6.04 Å². The third kappa shape index (κ3) is 3.87. The number of fused-ring (bicyclic) bond motifs is 5. The third-order valence-electron chi connectivity index (χ3n) is 7.40. The van der Waals surface area contributed by atoms with Crippen LogP contribution in [0.4, 0.5) is 18.9 Å². The highest BCUT2D eigenvalue weighted by Gasteiger charge is 2.62. The number of hydrogen-bond donors (Lipinski definition) is 1. The first-order chi connectivity index (χ1) is 16.1. The number of likely N-dealkylation sites (tertiary alicyclic amines) is 1. The summed E-state index contributed by atoms with van der Waals surface area (Å²) in [5.74, 6) is -1.98. The van der Waals surface area contributed by atoms with Crippen LogP contribution < -0.4 is 5.32 Å². The number of carbonyl (C=O) groups is 3. The molecule has 3 amide bonds. The fourth-order valence-corrected chi connectivity index (χ4v) is 6.06. The lowest BCUT2D eigenvalue weighted by Crippen LogP contribution is -2.49. The third-order valence-corrected chi connectivity index (χ3v) is 7.73. The molecule has 0 spiro atoms. The Balaban J connectivity index is 1.47. The highest BCUT2D eigenvalue weighted by Crippen LogP contribution is 2.56. The summed E-state index contributed by atoms with van der Waals surface area (Å²) in [5.41, 5.74) is -0.469. The van der Waals surface area contributed by atoms with Crippen LogP contribution in [0.2, 0.25) is 5.02 Å². The summed E-state index contributed by atoms with van der Waals surface area (Å²) in [6, 6.07) is 10.3. The van der Waals surface area contributed by atoms with Gasteiger partial charge in [0.25, 0.3) is 0 Å². The largest absolute Gasteiger partial charge is 0.416 e. The fraction of sp³-hybridized carbons (Fsp3) is 0.400. The quantitative estimate of drug-likeness (QED) is 0.604. The van der Waals surface area contributed by atoms with Crippen LogP contribution in [0.15, 0.2) is 48.5 Å². The zero-order valence-corrected chi connectivity index (χ0v) is 18.8. The van der Waals surface area contributed by atoms with E-state index in [2.05, 4.69) is 5.32 Å². The Morgan fingerprint density at radius 3 is 2.24 bits per heavy atom. The van der Waals surface area contributed by atoms with Gasteiger partial charge >= 0.3 is 6.18 Å². The maximum absolute atomic E-state index is 13.4. The molecule has 2 bridgehead atoms. The first-order valence-corrected chi connectivity index (χ1v) is 11.6. The summed E-state index contributed by atoms with van der Waals surface area (Å²) >= 11 is 6.07. The van der Waals surface area contributed by atoms with E-state index in [-0.39, 0.29) is 40.8 Å². The molecule has 5 atom stereocenters. The Bertz CT molecular complexity index is 1130. The average Bonchev–Trinajstić information content (AvgIpc) is 3.47. The van der Waals surface area contributed by atoms with Gasteiger partial charge in [-0.1, -0.05) is 41.9 Å². The van der Waals surface area contributed by atoms with Crippen LogP contribution >= 0.6 is 11.6 Å². The average molecular weight is 491 g/mol. The Labute approximate surface area is 199 Å². The number of anilines is 1. The topological polar surface area (TPSA) is 66.5 Å². The van der Waals surface area contributed by atoms with E-state index in [1.54, 1.807) is 30.3 Å². The van der Waals surface area contributed by atoms with Crippen LogP contribution in [0, 0.1) is 23.7 Å². The molecular weight excluding hydrogens is 469 g/mol. The first kappa shape index (κ1) is 22.9. The van der Waals surface area contributed by atoms with Crippen molar-refractivity contribution in [2.45, 2.75) is 37.9 Å². The molecule has 2 saturated carbocycles. The van der Waals surface area contributed by atoms with Gasteiger partial charge in [0.05, 0.1) is 28.1 Å². The van der Waals surface area contributed by atoms with Crippen molar-refractivity contribution < 1.29 is 27.6 Å². The summed E-state index contributed by atoms with van der Waals surface area (Å²) < 4.78 is 39.6. The van der Waals surface area contributed by atoms with Crippen molar-refractivity contribution in [2.75, 3.05) is 5.32 Å². The van der Waals surface area contributed by atoms with Gasteiger partial charge < -0.3 is 5.32 Å². The Morgan fingerprint density at radius 1 is 1.03 bits per heavy atom. The molecule has 2 aromatic carbocycles. The van der Waals surface area contributed by atoms with Crippen molar-refractivity contribution in [3.05, 3.63) is 64.7 Å². The lowest BCUT2D eigenvalue weighted by Gasteiger charge is -2.27. The van der Waals surface area contributed by atoms with Crippen LogP contribution in [0.1, 0.15) is 30.4 Å². The zero-order valence-electron chi connectivity index (χ0n) is 18.0. The van der Waals surface area contributed by atoms with Crippen molar-refractivity contribution >= 4 is 35.0 Å². The molecule has 178 valence electrons. The minimum atomic E-state index is -4.62.